The molecule has 0 aliphatic heterocycles. The number of rotatable bonds is 3. The molecule has 0 spiro atoms. The predicted molar refractivity (Wildman–Crippen MR) is 80.0 cm³/mol. The van der Waals surface area contributed by atoms with Gasteiger partial charge in [-0.05, 0) is 42.3 Å². The third kappa shape index (κ3) is 2.53. The van der Waals surface area contributed by atoms with Gasteiger partial charge in [-0.2, -0.15) is 0 Å². The highest BCUT2D eigenvalue weighted by Crippen LogP contribution is 2.26. The van der Waals surface area contributed by atoms with Gasteiger partial charge in [0.1, 0.15) is 29.2 Å². The Labute approximate surface area is 125 Å². The van der Waals surface area contributed by atoms with Gasteiger partial charge in [0, 0.05) is 6.07 Å². The zero-order valence-corrected chi connectivity index (χ0v) is 11.8. The first-order valence-corrected chi connectivity index (χ1v) is 6.79. The molecule has 4 nitrogen and oxygen atoms in total. The lowest BCUT2D eigenvalue weighted by molar-refractivity contribution is 0.447. The fourth-order valence-electron chi connectivity index (χ4n) is 2.18. The van der Waals surface area contributed by atoms with Crippen LogP contribution in [0.4, 0.5) is 4.39 Å². The van der Waals surface area contributed by atoms with Crippen molar-refractivity contribution in [3.63, 3.8) is 0 Å². The van der Waals surface area contributed by atoms with Crippen molar-refractivity contribution in [1.82, 2.24) is 0 Å². The van der Waals surface area contributed by atoms with Crippen LogP contribution in [0.3, 0.4) is 0 Å². The van der Waals surface area contributed by atoms with Crippen molar-refractivity contribution in [1.29, 1.82) is 0 Å². The number of aromatic hydroxyl groups is 1. The largest absolute Gasteiger partial charge is 0.508 e. The van der Waals surface area contributed by atoms with E-state index in [2.05, 4.69) is 0 Å². The van der Waals surface area contributed by atoms with Crippen LogP contribution in [0, 0.1) is 5.82 Å². The van der Waals surface area contributed by atoms with Crippen molar-refractivity contribution < 1.29 is 18.7 Å². The zero-order valence-electron chi connectivity index (χ0n) is 11.8. The number of benzene rings is 2. The topological polar surface area (TPSA) is 59.7 Å². The summed E-state index contributed by atoms with van der Waals surface area (Å²) in [6.07, 6.45) is 1.77. The molecule has 1 heterocycles. The lowest BCUT2D eigenvalue weighted by Crippen LogP contribution is -2.05. The van der Waals surface area contributed by atoms with Crippen molar-refractivity contribution in [3.05, 3.63) is 64.3 Å². The monoisotopic (exact) mass is 300 g/mol. The first-order chi connectivity index (χ1) is 10.6. The van der Waals surface area contributed by atoms with Crippen molar-refractivity contribution in [3.8, 4) is 17.2 Å². The van der Waals surface area contributed by atoms with Crippen LogP contribution in [-0.4, -0.2) is 5.11 Å². The molecule has 0 bridgehead atoms. The zero-order chi connectivity index (χ0) is 15.7. The summed E-state index contributed by atoms with van der Waals surface area (Å²) in [5.74, 6) is 0.0423. The molecule has 0 atom stereocenters. The van der Waals surface area contributed by atoms with Crippen LogP contribution in [0.1, 0.15) is 12.5 Å². The van der Waals surface area contributed by atoms with Gasteiger partial charge in [0.05, 0.1) is 5.39 Å². The number of aryl methyl sites for hydroxylation is 1. The van der Waals surface area contributed by atoms with E-state index in [4.69, 9.17) is 9.15 Å². The molecular formula is C17H13FO4. The lowest BCUT2D eigenvalue weighted by Gasteiger charge is -2.07. The second-order valence-corrected chi connectivity index (χ2v) is 4.82. The van der Waals surface area contributed by atoms with E-state index in [0.717, 1.165) is 0 Å². The molecule has 1 N–H and O–H groups in total. The summed E-state index contributed by atoms with van der Waals surface area (Å²) in [6, 6.07) is 8.34. The second kappa shape index (κ2) is 5.52. The maximum absolute atomic E-state index is 12.9. The molecule has 1 aromatic heterocycles. The summed E-state index contributed by atoms with van der Waals surface area (Å²) in [4.78, 5) is 12.4. The molecule has 3 aromatic rings. The quantitative estimate of drug-likeness (QED) is 0.794. The second-order valence-electron chi connectivity index (χ2n) is 4.82. The fourth-order valence-corrected chi connectivity index (χ4v) is 2.18. The molecule has 0 aliphatic rings. The molecular weight excluding hydrogens is 287 g/mol. The fraction of sp³-hybridized carbons (Fsp3) is 0.118. The highest BCUT2D eigenvalue weighted by Gasteiger charge is 2.12. The number of fused-ring (bicyclic) bond motifs is 1. The van der Waals surface area contributed by atoms with Gasteiger partial charge in [0.2, 0.25) is 11.2 Å². The average molecular weight is 300 g/mol. The van der Waals surface area contributed by atoms with Gasteiger partial charge in [-0.1, -0.05) is 6.92 Å². The van der Waals surface area contributed by atoms with E-state index in [9.17, 15) is 14.3 Å². The normalized spacial score (nSPS) is 10.8. The number of hydrogen-bond donors (Lipinski definition) is 1. The van der Waals surface area contributed by atoms with Gasteiger partial charge in [0.15, 0.2) is 0 Å². The number of ether oxygens (including phenoxy) is 1. The highest BCUT2D eigenvalue weighted by atomic mass is 19.1. The predicted octanol–water partition coefficient (Wildman–Crippen LogP) is 3.99. The summed E-state index contributed by atoms with van der Waals surface area (Å²) >= 11 is 0. The van der Waals surface area contributed by atoms with E-state index in [-0.39, 0.29) is 28.3 Å². The van der Waals surface area contributed by atoms with Crippen molar-refractivity contribution in [2.75, 3.05) is 0 Å². The van der Waals surface area contributed by atoms with E-state index in [1.54, 1.807) is 6.07 Å². The third-order valence-electron chi connectivity index (χ3n) is 3.36. The molecule has 112 valence electrons. The molecule has 0 amide bonds. The molecule has 0 aliphatic carbocycles. The standard InChI is InChI=1S/C17H13FO4/c1-2-10-7-13-15(8-14(10)19)21-9-16(17(13)20)22-12-5-3-11(18)4-6-12/h3-9,19H,2H2,1H3. The number of hydrogen-bond acceptors (Lipinski definition) is 4. The van der Waals surface area contributed by atoms with Gasteiger partial charge >= 0.3 is 0 Å². The van der Waals surface area contributed by atoms with Crippen molar-refractivity contribution >= 4 is 11.0 Å². The highest BCUT2D eigenvalue weighted by molar-refractivity contribution is 5.80. The smallest absolute Gasteiger partial charge is 0.235 e. The first kappa shape index (κ1) is 14.1. The van der Waals surface area contributed by atoms with Gasteiger partial charge in [-0.15, -0.1) is 0 Å². The Kier molecular flexibility index (Phi) is 3.55. The molecule has 0 radical (unpaired) electrons. The van der Waals surface area contributed by atoms with E-state index >= 15 is 0 Å². The van der Waals surface area contributed by atoms with E-state index < -0.39 is 0 Å². The summed E-state index contributed by atoms with van der Waals surface area (Å²) in [6.45, 7) is 1.88. The Morgan fingerprint density at radius 3 is 2.64 bits per heavy atom. The van der Waals surface area contributed by atoms with Gasteiger partial charge in [-0.3, -0.25) is 4.79 Å². The van der Waals surface area contributed by atoms with E-state index in [1.165, 1.54) is 36.6 Å². The number of phenols is 1. The van der Waals surface area contributed by atoms with Crippen LogP contribution in [0.2, 0.25) is 0 Å². The van der Waals surface area contributed by atoms with Gasteiger partial charge < -0.3 is 14.3 Å². The molecule has 0 saturated heterocycles. The summed E-state index contributed by atoms with van der Waals surface area (Å²) < 4.78 is 23.7. The van der Waals surface area contributed by atoms with E-state index in [0.29, 0.717) is 23.1 Å². The summed E-state index contributed by atoms with van der Waals surface area (Å²) in [5.41, 5.74) is 0.588. The maximum atomic E-state index is 12.9. The Morgan fingerprint density at radius 1 is 1.23 bits per heavy atom. The average Bonchev–Trinajstić information content (AvgIpc) is 2.52. The molecule has 0 unspecified atom stereocenters. The first-order valence-electron chi connectivity index (χ1n) is 6.79. The minimum atomic E-state index is -0.388. The lowest BCUT2D eigenvalue weighted by atomic mass is 10.1. The third-order valence-corrected chi connectivity index (χ3v) is 3.36. The molecule has 0 fully saturated rings. The van der Waals surface area contributed by atoms with Gasteiger partial charge in [0.25, 0.3) is 0 Å². The minimum absolute atomic E-state index is 0.00634. The van der Waals surface area contributed by atoms with Crippen molar-refractivity contribution in [2.45, 2.75) is 13.3 Å². The Morgan fingerprint density at radius 2 is 1.95 bits per heavy atom. The van der Waals surface area contributed by atoms with Crippen LogP contribution in [0.5, 0.6) is 17.2 Å². The Balaban J connectivity index is 2.07. The SMILES string of the molecule is CCc1cc2c(=O)c(Oc3ccc(F)cc3)coc2cc1O. The Bertz CT molecular complexity index is 882. The van der Waals surface area contributed by atoms with Crippen LogP contribution < -0.4 is 10.2 Å². The molecule has 5 heteroatoms. The maximum Gasteiger partial charge on any atom is 0.235 e. The van der Waals surface area contributed by atoms with Crippen LogP contribution in [-0.2, 0) is 6.42 Å². The van der Waals surface area contributed by atoms with Crippen molar-refractivity contribution in [2.24, 2.45) is 0 Å². The number of halogens is 1. The van der Waals surface area contributed by atoms with Crippen LogP contribution >= 0.6 is 0 Å². The molecule has 2 aromatic carbocycles. The molecule has 3 rings (SSSR count). The van der Waals surface area contributed by atoms with E-state index in [1.807, 2.05) is 6.92 Å². The number of phenolic OH excluding ortho intramolecular Hbond substituents is 1. The summed E-state index contributed by atoms with van der Waals surface area (Å²) in [5, 5.41) is 10.1. The van der Waals surface area contributed by atoms with Gasteiger partial charge in [-0.25, -0.2) is 4.39 Å². The molecule has 0 saturated carbocycles. The minimum Gasteiger partial charge on any atom is -0.508 e. The Hall–Kier alpha value is -2.82. The summed E-state index contributed by atoms with van der Waals surface area (Å²) in [7, 11) is 0. The van der Waals surface area contributed by atoms with Crippen LogP contribution in [0.25, 0.3) is 11.0 Å². The van der Waals surface area contributed by atoms with Crippen LogP contribution in [0.15, 0.2) is 51.9 Å². The molecule has 22 heavy (non-hydrogen) atoms.